The van der Waals surface area contributed by atoms with E-state index in [1.807, 2.05) is 32.0 Å². The molecule has 0 saturated carbocycles. The largest absolute Gasteiger partial charge is 0.457 e. The summed E-state index contributed by atoms with van der Waals surface area (Å²) in [5.74, 6) is -1.05. The number of fused-ring (bicyclic) bond motifs is 1. The molecule has 2 aromatic carbocycles. The minimum Gasteiger partial charge on any atom is -0.457 e. The van der Waals surface area contributed by atoms with E-state index in [9.17, 15) is 18.0 Å². The van der Waals surface area contributed by atoms with Crippen molar-refractivity contribution in [3.8, 4) is 0 Å². The molecule has 1 saturated heterocycles. The number of carbonyl (C=O) groups excluding carboxylic acids is 2. The van der Waals surface area contributed by atoms with Crippen molar-refractivity contribution in [3.05, 3.63) is 64.2 Å². The van der Waals surface area contributed by atoms with Crippen LogP contribution in [0.5, 0.6) is 0 Å². The molecule has 7 heteroatoms. The highest BCUT2D eigenvalue weighted by Crippen LogP contribution is 2.29. The molecule has 2 aromatic rings. The lowest BCUT2D eigenvalue weighted by atomic mass is 9.98. The highest BCUT2D eigenvalue weighted by molar-refractivity contribution is 7.89. The van der Waals surface area contributed by atoms with E-state index in [0.29, 0.717) is 23.3 Å². The van der Waals surface area contributed by atoms with E-state index in [-0.39, 0.29) is 25.5 Å². The second-order valence-electron chi connectivity index (χ2n) is 8.81. The van der Waals surface area contributed by atoms with Gasteiger partial charge in [-0.3, -0.25) is 9.59 Å². The molecule has 0 radical (unpaired) electrons. The van der Waals surface area contributed by atoms with E-state index in [2.05, 4.69) is 0 Å². The molecular formula is C25H29NO5S. The van der Waals surface area contributed by atoms with Crippen molar-refractivity contribution >= 4 is 21.8 Å². The van der Waals surface area contributed by atoms with Crippen LogP contribution in [-0.4, -0.2) is 44.2 Å². The van der Waals surface area contributed by atoms with Gasteiger partial charge in [-0.05, 0) is 80.8 Å². The van der Waals surface area contributed by atoms with Crippen molar-refractivity contribution in [1.29, 1.82) is 0 Å². The zero-order valence-electron chi connectivity index (χ0n) is 18.6. The second kappa shape index (κ2) is 9.16. The normalized spacial score (nSPS) is 17.2. The van der Waals surface area contributed by atoms with Crippen LogP contribution in [0.15, 0.2) is 41.3 Å². The molecule has 32 heavy (non-hydrogen) atoms. The number of aryl methyl sites for hydroxylation is 4. The smallest absolute Gasteiger partial charge is 0.309 e. The average Bonchev–Trinajstić information content (AvgIpc) is 3.27. The van der Waals surface area contributed by atoms with Crippen molar-refractivity contribution in [3.63, 3.8) is 0 Å². The van der Waals surface area contributed by atoms with E-state index in [0.717, 1.165) is 36.0 Å². The molecule has 170 valence electrons. The fraction of sp³-hybridized carbons (Fsp3) is 0.440. The number of carbonyl (C=O) groups is 2. The van der Waals surface area contributed by atoms with E-state index < -0.39 is 21.9 Å². The van der Waals surface area contributed by atoms with Gasteiger partial charge in [-0.15, -0.1) is 0 Å². The Morgan fingerprint density at radius 3 is 2.47 bits per heavy atom. The minimum atomic E-state index is -3.58. The van der Waals surface area contributed by atoms with Crippen LogP contribution in [0.4, 0.5) is 0 Å². The molecule has 0 spiro atoms. The van der Waals surface area contributed by atoms with E-state index >= 15 is 0 Å². The topological polar surface area (TPSA) is 80.8 Å². The summed E-state index contributed by atoms with van der Waals surface area (Å²) in [7, 11) is -3.58. The summed E-state index contributed by atoms with van der Waals surface area (Å²) in [4.78, 5) is 25.3. The van der Waals surface area contributed by atoms with Gasteiger partial charge in [-0.1, -0.05) is 23.8 Å². The standard InChI is InChI=1S/C25H29NO5S/c1-17-6-7-18(2)23(14-17)24(27)16-31-25(28)20-10-12-26(13-11-20)32(29,30)22-9-8-19-4-3-5-21(19)15-22/h6-9,14-15,20H,3-5,10-13,16H2,1-2H3. The summed E-state index contributed by atoms with van der Waals surface area (Å²) in [5.41, 5.74) is 4.75. The van der Waals surface area contributed by atoms with E-state index in [1.165, 1.54) is 9.87 Å². The van der Waals surface area contributed by atoms with Gasteiger partial charge in [0.15, 0.2) is 6.61 Å². The summed E-state index contributed by atoms with van der Waals surface area (Å²) in [6, 6.07) is 11.0. The number of rotatable bonds is 6. The number of sulfonamides is 1. The van der Waals surface area contributed by atoms with Gasteiger partial charge >= 0.3 is 5.97 Å². The van der Waals surface area contributed by atoms with Crippen molar-refractivity contribution in [1.82, 2.24) is 4.31 Å². The molecule has 0 unspecified atom stereocenters. The summed E-state index contributed by atoms with van der Waals surface area (Å²) in [6.45, 7) is 4.00. The molecule has 0 amide bonds. The predicted octanol–water partition coefficient (Wildman–Crippen LogP) is 3.62. The quantitative estimate of drug-likeness (QED) is 0.491. The summed E-state index contributed by atoms with van der Waals surface area (Å²) in [6.07, 6.45) is 3.78. The zero-order valence-corrected chi connectivity index (χ0v) is 19.4. The van der Waals surface area contributed by atoms with Crippen LogP contribution in [0.2, 0.25) is 0 Å². The lowest BCUT2D eigenvalue weighted by Gasteiger charge is -2.30. The van der Waals surface area contributed by atoms with Gasteiger partial charge in [-0.25, -0.2) is 8.42 Å². The van der Waals surface area contributed by atoms with Crippen LogP contribution in [0.25, 0.3) is 0 Å². The lowest BCUT2D eigenvalue weighted by Crippen LogP contribution is -2.40. The fourth-order valence-electron chi connectivity index (χ4n) is 4.56. The Kier molecular flexibility index (Phi) is 6.49. The average molecular weight is 456 g/mol. The van der Waals surface area contributed by atoms with E-state index in [4.69, 9.17) is 4.74 Å². The van der Waals surface area contributed by atoms with Crippen LogP contribution in [0.3, 0.4) is 0 Å². The SMILES string of the molecule is Cc1ccc(C)c(C(=O)COC(=O)C2CCN(S(=O)(=O)c3ccc4c(c3)CCC4)CC2)c1. The number of piperidine rings is 1. The first-order chi connectivity index (χ1) is 15.3. The summed E-state index contributed by atoms with van der Waals surface area (Å²) in [5, 5.41) is 0. The minimum absolute atomic E-state index is 0.226. The Bertz CT molecular complexity index is 1150. The Morgan fingerprint density at radius 1 is 1.00 bits per heavy atom. The van der Waals surface area contributed by atoms with Crippen LogP contribution in [0, 0.1) is 19.8 Å². The first-order valence-electron chi connectivity index (χ1n) is 11.1. The monoisotopic (exact) mass is 455 g/mol. The van der Waals surface area contributed by atoms with Gasteiger partial charge in [0.1, 0.15) is 0 Å². The lowest BCUT2D eigenvalue weighted by molar-refractivity contribution is -0.148. The fourth-order valence-corrected chi connectivity index (χ4v) is 6.08. The Balaban J connectivity index is 1.32. The molecule has 0 aromatic heterocycles. The first kappa shape index (κ1) is 22.7. The van der Waals surface area contributed by atoms with Gasteiger partial charge in [0, 0.05) is 18.7 Å². The number of ketones is 1. The van der Waals surface area contributed by atoms with Gasteiger partial charge < -0.3 is 4.74 Å². The van der Waals surface area contributed by atoms with Gasteiger partial charge in [-0.2, -0.15) is 4.31 Å². The number of benzene rings is 2. The molecule has 6 nitrogen and oxygen atoms in total. The molecule has 0 atom stereocenters. The Morgan fingerprint density at radius 2 is 1.72 bits per heavy atom. The van der Waals surface area contributed by atoms with Crippen molar-refractivity contribution < 1.29 is 22.7 Å². The van der Waals surface area contributed by atoms with Crippen molar-refractivity contribution in [2.45, 2.75) is 50.8 Å². The maximum atomic E-state index is 13.1. The van der Waals surface area contributed by atoms with Gasteiger partial charge in [0.25, 0.3) is 0 Å². The Hall–Kier alpha value is -2.51. The summed E-state index contributed by atoms with van der Waals surface area (Å²) < 4.78 is 32.9. The Labute approximate surface area is 189 Å². The van der Waals surface area contributed by atoms with Gasteiger partial charge in [0.05, 0.1) is 10.8 Å². The third-order valence-corrected chi connectivity index (χ3v) is 8.43. The maximum Gasteiger partial charge on any atom is 0.309 e. The highest BCUT2D eigenvalue weighted by atomic mass is 32.2. The molecule has 2 aliphatic rings. The number of Topliss-reactive ketones (excluding diaryl/α,β-unsaturated/α-hetero) is 1. The molecule has 0 bridgehead atoms. The van der Waals surface area contributed by atoms with Crippen LogP contribution < -0.4 is 0 Å². The van der Waals surface area contributed by atoms with E-state index in [1.54, 1.807) is 18.2 Å². The predicted molar refractivity (Wildman–Crippen MR) is 121 cm³/mol. The van der Waals surface area contributed by atoms with Crippen molar-refractivity contribution in [2.75, 3.05) is 19.7 Å². The van der Waals surface area contributed by atoms with Crippen LogP contribution in [0.1, 0.15) is 51.9 Å². The molecule has 1 aliphatic heterocycles. The molecule has 0 N–H and O–H groups in total. The molecule has 4 rings (SSSR count). The van der Waals surface area contributed by atoms with Crippen LogP contribution in [-0.2, 0) is 32.4 Å². The number of hydrogen-bond acceptors (Lipinski definition) is 5. The van der Waals surface area contributed by atoms with Gasteiger partial charge in [0.2, 0.25) is 15.8 Å². The second-order valence-corrected chi connectivity index (χ2v) is 10.7. The number of esters is 1. The number of nitrogens with zero attached hydrogens (tertiary/aromatic N) is 1. The van der Waals surface area contributed by atoms with Crippen molar-refractivity contribution in [2.24, 2.45) is 5.92 Å². The molecule has 1 aliphatic carbocycles. The molecule has 1 heterocycles. The highest BCUT2D eigenvalue weighted by Gasteiger charge is 2.33. The number of ether oxygens (including phenoxy) is 1. The zero-order chi connectivity index (χ0) is 22.9. The number of hydrogen-bond donors (Lipinski definition) is 0. The van der Waals surface area contributed by atoms with Crippen LogP contribution >= 0.6 is 0 Å². The third-order valence-electron chi connectivity index (χ3n) is 6.53. The molecule has 1 fully saturated rings. The molecular weight excluding hydrogens is 426 g/mol. The summed E-state index contributed by atoms with van der Waals surface area (Å²) >= 11 is 0. The third kappa shape index (κ3) is 4.64. The maximum absolute atomic E-state index is 13.1. The first-order valence-corrected chi connectivity index (χ1v) is 12.6.